The number of carbonyl (C=O) groups is 1. The Kier molecular flexibility index (Phi) is 4.51. The Hall–Kier alpha value is -0.920. The number of carboxylic acid groups (broad SMARTS) is 1. The molecule has 112 valence electrons. The van der Waals surface area contributed by atoms with E-state index in [1.54, 1.807) is 6.07 Å². The second kappa shape index (κ2) is 5.83. The average Bonchev–Trinajstić information content (AvgIpc) is 2.93. The number of carboxylic acids is 1. The molecule has 2 heterocycles. The Morgan fingerprint density at radius 3 is 2.75 bits per heavy atom. The van der Waals surface area contributed by atoms with E-state index in [4.69, 9.17) is 5.11 Å². The minimum absolute atomic E-state index is 0.106. The molecule has 2 rings (SSSR count). The molecule has 1 saturated heterocycles. The lowest BCUT2D eigenvalue weighted by atomic mass is 10.0. The molecule has 0 saturated carbocycles. The Labute approximate surface area is 123 Å². The van der Waals surface area contributed by atoms with Gasteiger partial charge in [0.05, 0.1) is 4.90 Å². The van der Waals surface area contributed by atoms with Crippen molar-refractivity contribution >= 4 is 27.3 Å². The maximum Gasteiger partial charge on any atom is 0.303 e. The molecule has 1 atom stereocenters. The van der Waals surface area contributed by atoms with Crippen molar-refractivity contribution in [3.05, 3.63) is 15.8 Å². The summed E-state index contributed by atoms with van der Waals surface area (Å²) in [6, 6.07) is 1.72. The molecule has 0 aliphatic carbocycles. The maximum absolute atomic E-state index is 12.6. The van der Waals surface area contributed by atoms with E-state index in [0.29, 0.717) is 24.4 Å². The first kappa shape index (κ1) is 15.5. The number of aryl methyl sites for hydroxylation is 2. The summed E-state index contributed by atoms with van der Waals surface area (Å²) < 4.78 is 26.6. The molecule has 0 bridgehead atoms. The minimum Gasteiger partial charge on any atom is -0.481 e. The predicted molar refractivity (Wildman–Crippen MR) is 77.5 cm³/mol. The van der Waals surface area contributed by atoms with Gasteiger partial charge in [-0.25, -0.2) is 8.42 Å². The van der Waals surface area contributed by atoms with Crippen LogP contribution in [-0.2, 0) is 14.8 Å². The fourth-order valence-electron chi connectivity index (χ4n) is 2.58. The molecule has 1 aliphatic rings. The Balaban J connectivity index is 2.09. The first-order valence-corrected chi connectivity index (χ1v) is 8.85. The van der Waals surface area contributed by atoms with Gasteiger partial charge < -0.3 is 5.11 Å². The number of thiophene rings is 1. The molecule has 0 amide bonds. The molecular formula is C13H19NO4S2. The second-order valence-electron chi connectivity index (χ2n) is 5.23. The van der Waals surface area contributed by atoms with Gasteiger partial charge in [-0.15, -0.1) is 11.3 Å². The van der Waals surface area contributed by atoms with Crippen LogP contribution in [0.5, 0.6) is 0 Å². The van der Waals surface area contributed by atoms with E-state index < -0.39 is 16.0 Å². The van der Waals surface area contributed by atoms with Crippen molar-refractivity contribution in [3.8, 4) is 0 Å². The molecule has 1 fully saturated rings. The number of nitrogens with zero attached hydrogens (tertiary/aromatic N) is 1. The lowest BCUT2D eigenvalue weighted by Crippen LogP contribution is -2.29. The second-order valence-corrected chi connectivity index (χ2v) is 8.59. The van der Waals surface area contributed by atoms with Crippen molar-refractivity contribution in [2.24, 2.45) is 5.92 Å². The highest BCUT2D eigenvalue weighted by Crippen LogP contribution is 2.31. The van der Waals surface area contributed by atoms with Crippen LogP contribution < -0.4 is 0 Å². The van der Waals surface area contributed by atoms with Crippen LogP contribution in [0.2, 0.25) is 0 Å². The summed E-state index contributed by atoms with van der Waals surface area (Å²) in [7, 11) is -3.42. The van der Waals surface area contributed by atoms with E-state index in [1.807, 2.05) is 13.8 Å². The molecule has 1 N–H and O–H groups in total. The summed E-state index contributed by atoms with van der Waals surface area (Å²) in [6.45, 7) is 4.64. The van der Waals surface area contributed by atoms with Crippen LogP contribution in [0.1, 0.15) is 29.0 Å². The summed E-state index contributed by atoms with van der Waals surface area (Å²) in [5.74, 6) is -0.670. The van der Waals surface area contributed by atoms with Gasteiger partial charge in [-0.2, -0.15) is 4.31 Å². The van der Waals surface area contributed by atoms with E-state index in [-0.39, 0.29) is 12.3 Å². The minimum atomic E-state index is -3.42. The molecule has 1 aromatic heterocycles. The van der Waals surface area contributed by atoms with Gasteiger partial charge in [-0.1, -0.05) is 0 Å². The van der Waals surface area contributed by atoms with Crippen molar-refractivity contribution in [2.45, 2.75) is 38.0 Å². The van der Waals surface area contributed by atoms with Gasteiger partial charge in [-0.05, 0) is 38.7 Å². The van der Waals surface area contributed by atoms with Crippen LogP contribution in [-0.4, -0.2) is 36.9 Å². The van der Waals surface area contributed by atoms with Crippen LogP contribution >= 0.6 is 11.3 Å². The molecule has 20 heavy (non-hydrogen) atoms. The van der Waals surface area contributed by atoms with Crippen molar-refractivity contribution in [3.63, 3.8) is 0 Å². The van der Waals surface area contributed by atoms with Crippen LogP contribution in [0.4, 0.5) is 0 Å². The summed E-state index contributed by atoms with van der Waals surface area (Å²) in [5, 5.41) is 8.69. The van der Waals surface area contributed by atoms with Crippen molar-refractivity contribution in [2.75, 3.05) is 13.1 Å². The van der Waals surface area contributed by atoms with Gasteiger partial charge in [-0.3, -0.25) is 4.79 Å². The Morgan fingerprint density at radius 2 is 2.20 bits per heavy atom. The number of sulfonamides is 1. The Bertz CT molecular complexity index is 606. The molecule has 1 aliphatic heterocycles. The predicted octanol–water partition coefficient (Wildman–Crippen LogP) is 2.24. The molecule has 0 radical (unpaired) electrons. The zero-order chi connectivity index (χ0) is 14.9. The zero-order valence-electron chi connectivity index (χ0n) is 11.6. The fourth-order valence-corrected chi connectivity index (χ4v) is 5.64. The van der Waals surface area contributed by atoms with Crippen LogP contribution in [0.15, 0.2) is 11.0 Å². The van der Waals surface area contributed by atoms with E-state index >= 15 is 0 Å². The van der Waals surface area contributed by atoms with Crippen molar-refractivity contribution in [1.82, 2.24) is 4.31 Å². The van der Waals surface area contributed by atoms with Crippen LogP contribution in [0.25, 0.3) is 0 Å². The third-order valence-electron chi connectivity index (χ3n) is 3.63. The van der Waals surface area contributed by atoms with Gasteiger partial charge in [0, 0.05) is 29.3 Å². The largest absolute Gasteiger partial charge is 0.481 e. The highest BCUT2D eigenvalue weighted by atomic mass is 32.2. The monoisotopic (exact) mass is 317 g/mol. The molecule has 7 heteroatoms. The normalized spacial score (nSPS) is 20.4. The lowest BCUT2D eigenvalue weighted by Gasteiger charge is -2.16. The van der Waals surface area contributed by atoms with Gasteiger partial charge in [0.15, 0.2) is 0 Å². The molecule has 0 spiro atoms. The number of rotatable bonds is 5. The maximum atomic E-state index is 12.6. The van der Waals surface area contributed by atoms with Gasteiger partial charge >= 0.3 is 5.97 Å². The smallest absolute Gasteiger partial charge is 0.303 e. The highest BCUT2D eigenvalue weighted by Gasteiger charge is 2.33. The first-order chi connectivity index (χ1) is 9.30. The standard InChI is InChI=1S/C13H19NO4S2/c1-9-7-12(10(2)19-9)20(17,18)14-6-5-11(8-14)3-4-13(15)16/h7,11H,3-6,8H2,1-2H3,(H,15,16). The zero-order valence-corrected chi connectivity index (χ0v) is 13.3. The number of aliphatic carboxylic acids is 1. The summed E-state index contributed by atoms with van der Waals surface area (Å²) in [4.78, 5) is 12.8. The summed E-state index contributed by atoms with van der Waals surface area (Å²) in [5.41, 5.74) is 0. The summed E-state index contributed by atoms with van der Waals surface area (Å²) in [6.07, 6.45) is 1.40. The van der Waals surface area contributed by atoms with E-state index in [1.165, 1.54) is 15.6 Å². The lowest BCUT2D eigenvalue weighted by molar-refractivity contribution is -0.137. The van der Waals surface area contributed by atoms with Gasteiger partial charge in [0.25, 0.3) is 0 Å². The molecular weight excluding hydrogens is 298 g/mol. The first-order valence-electron chi connectivity index (χ1n) is 6.59. The topological polar surface area (TPSA) is 74.7 Å². The Morgan fingerprint density at radius 1 is 1.50 bits per heavy atom. The van der Waals surface area contributed by atoms with Gasteiger partial charge in [0.2, 0.25) is 10.0 Å². The number of hydrogen-bond donors (Lipinski definition) is 1. The number of hydrogen-bond acceptors (Lipinski definition) is 4. The van der Waals surface area contributed by atoms with Crippen LogP contribution in [0, 0.1) is 19.8 Å². The summed E-state index contributed by atoms with van der Waals surface area (Å²) >= 11 is 1.49. The third kappa shape index (κ3) is 3.21. The molecule has 1 unspecified atom stereocenters. The average molecular weight is 317 g/mol. The van der Waals surface area contributed by atoms with E-state index in [0.717, 1.165) is 16.2 Å². The SMILES string of the molecule is Cc1cc(S(=O)(=O)N2CCC(CCC(=O)O)C2)c(C)s1. The molecule has 5 nitrogen and oxygen atoms in total. The van der Waals surface area contributed by atoms with Crippen molar-refractivity contribution in [1.29, 1.82) is 0 Å². The van der Waals surface area contributed by atoms with Gasteiger partial charge in [0.1, 0.15) is 0 Å². The van der Waals surface area contributed by atoms with E-state index in [9.17, 15) is 13.2 Å². The van der Waals surface area contributed by atoms with Crippen molar-refractivity contribution < 1.29 is 18.3 Å². The third-order valence-corrected chi connectivity index (χ3v) is 6.71. The molecule has 1 aromatic rings. The van der Waals surface area contributed by atoms with E-state index in [2.05, 4.69) is 0 Å². The fraction of sp³-hybridized carbons (Fsp3) is 0.615. The molecule has 0 aromatic carbocycles. The van der Waals surface area contributed by atoms with Crippen LogP contribution in [0.3, 0.4) is 0 Å². The quantitative estimate of drug-likeness (QED) is 0.904. The highest BCUT2D eigenvalue weighted by molar-refractivity contribution is 7.89.